The Morgan fingerprint density at radius 1 is 0.816 bits per heavy atom. The number of esters is 1. The quantitative estimate of drug-likeness (QED) is 0.191. The van der Waals surface area contributed by atoms with Gasteiger partial charge in [-0.05, 0) is 58.2 Å². The number of alkyl carbamates (subject to hydrolysis) is 1. The summed E-state index contributed by atoms with van der Waals surface area (Å²) in [5.41, 5.74) is 1.02. The number of anilines is 2. The third kappa shape index (κ3) is 11.8. The van der Waals surface area contributed by atoms with E-state index >= 15 is 0 Å². The van der Waals surface area contributed by atoms with Crippen molar-refractivity contribution in [2.24, 2.45) is 0 Å². The molecule has 0 saturated heterocycles. The fourth-order valence-electron chi connectivity index (χ4n) is 3.35. The molecule has 0 fully saturated rings. The van der Waals surface area contributed by atoms with Crippen LogP contribution in [-0.2, 0) is 30.4 Å². The van der Waals surface area contributed by atoms with E-state index in [1.54, 1.807) is 52.0 Å². The molecule has 2 aromatic rings. The number of benzene rings is 2. The molecular formula is C28H37N3O7. The number of hydrogen-bond donors (Lipinski definition) is 3. The molecule has 3 N–H and O–H groups in total. The Morgan fingerprint density at radius 3 is 2.08 bits per heavy atom. The molecule has 0 aliphatic carbocycles. The second kappa shape index (κ2) is 15.2. The predicted molar refractivity (Wildman–Crippen MR) is 144 cm³/mol. The summed E-state index contributed by atoms with van der Waals surface area (Å²) in [7, 11) is 0. The third-order valence-corrected chi connectivity index (χ3v) is 5.06. The number of para-hydroxylation sites is 2. The summed E-state index contributed by atoms with van der Waals surface area (Å²) in [6.07, 6.45) is 0.0468. The first-order chi connectivity index (χ1) is 18.1. The Balaban J connectivity index is 1.86. The number of nitrogens with one attached hydrogen (secondary N) is 3. The lowest BCUT2D eigenvalue weighted by Gasteiger charge is -2.20. The fourth-order valence-corrected chi connectivity index (χ4v) is 3.35. The minimum atomic E-state index is -0.903. The Hall–Kier alpha value is -4.08. The highest BCUT2D eigenvalue weighted by Crippen LogP contribution is 2.22. The molecule has 0 heterocycles. The van der Waals surface area contributed by atoms with Crippen LogP contribution in [0.4, 0.5) is 21.0 Å². The van der Waals surface area contributed by atoms with Gasteiger partial charge in [-0.25, -0.2) is 14.4 Å². The van der Waals surface area contributed by atoms with Crippen molar-refractivity contribution in [2.45, 2.75) is 71.6 Å². The Bertz CT molecular complexity index is 1070. The van der Waals surface area contributed by atoms with Crippen LogP contribution < -0.4 is 16.0 Å². The SMILES string of the molecule is CCOC(=O)N[C@H](CCCCC(=O)Nc1ccccc1NC(=O)OC(C)(C)C)C(=O)OCc1ccccc1. The van der Waals surface area contributed by atoms with Gasteiger partial charge < -0.3 is 24.8 Å². The molecule has 10 heteroatoms. The van der Waals surface area contributed by atoms with Crippen LogP contribution in [0.2, 0.25) is 0 Å². The van der Waals surface area contributed by atoms with Crippen molar-refractivity contribution < 1.29 is 33.4 Å². The van der Waals surface area contributed by atoms with Crippen molar-refractivity contribution in [1.82, 2.24) is 5.32 Å². The molecule has 3 amide bonds. The molecule has 0 spiro atoms. The van der Waals surface area contributed by atoms with Crippen molar-refractivity contribution in [3.63, 3.8) is 0 Å². The van der Waals surface area contributed by atoms with E-state index in [1.807, 2.05) is 30.3 Å². The average Bonchev–Trinajstić information content (AvgIpc) is 2.85. The van der Waals surface area contributed by atoms with Crippen LogP contribution in [0.1, 0.15) is 58.9 Å². The number of carbonyl (C=O) groups is 4. The average molecular weight is 528 g/mol. The van der Waals surface area contributed by atoms with E-state index in [0.29, 0.717) is 24.2 Å². The van der Waals surface area contributed by atoms with E-state index in [1.165, 1.54) is 0 Å². The zero-order chi connectivity index (χ0) is 28.0. The summed E-state index contributed by atoms with van der Waals surface area (Å²) in [5.74, 6) is -0.835. The van der Waals surface area contributed by atoms with Crippen LogP contribution in [-0.4, -0.2) is 42.3 Å². The molecule has 0 saturated carbocycles. The number of ether oxygens (including phenoxy) is 3. The standard InChI is InChI=1S/C28H37N3O7/c1-5-36-26(34)31-23(25(33)37-19-20-13-7-6-8-14-20)17-11-12-18-24(32)29-21-15-9-10-16-22(21)30-27(35)38-28(2,3)4/h6-10,13-16,23H,5,11-12,17-19H2,1-4H3,(H,29,32)(H,30,35)(H,31,34)/t23-/m1/s1. The summed E-state index contributed by atoms with van der Waals surface area (Å²) in [4.78, 5) is 49.2. The van der Waals surface area contributed by atoms with Gasteiger partial charge in [0, 0.05) is 6.42 Å². The molecule has 2 aromatic carbocycles. The first-order valence-electron chi connectivity index (χ1n) is 12.6. The zero-order valence-corrected chi connectivity index (χ0v) is 22.4. The van der Waals surface area contributed by atoms with Gasteiger partial charge in [0.2, 0.25) is 5.91 Å². The van der Waals surface area contributed by atoms with Gasteiger partial charge in [-0.1, -0.05) is 48.9 Å². The highest BCUT2D eigenvalue weighted by Gasteiger charge is 2.23. The molecule has 2 rings (SSSR count). The molecule has 206 valence electrons. The largest absolute Gasteiger partial charge is 0.459 e. The van der Waals surface area contributed by atoms with Crippen LogP contribution >= 0.6 is 0 Å². The number of hydrogen-bond acceptors (Lipinski definition) is 7. The van der Waals surface area contributed by atoms with Crippen LogP contribution in [0.15, 0.2) is 54.6 Å². The van der Waals surface area contributed by atoms with Gasteiger partial charge in [-0.3, -0.25) is 10.1 Å². The number of unbranched alkanes of at least 4 members (excludes halogenated alkanes) is 1. The summed E-state index contributed by atoms with van der Waals surface area (Å²) in [6, 6.07) is 15.1. The number of rotatable bonds is 12. The van der Waals surface area contributed by atoms with Crippen molar-refractivity contribution in [1.29, 1.82) is 0 Å². The zero-order valence-electron chi connectivity index (χ0n) is 22.4. The van der Waals surface area contributed by atoms with E-state index < -0.39 is 29.8 Å². The highest BCUT2D eigenvalue weighted by atomic mass is 16.6. The molecule has 0 bridgehead atoms. The van der Waals surface area contributed by atoms with Crippen molar-refractivity contribution in [2.75, 3.05) is 17.2 Å². The van der Waals surface area contributed by atoms with Crippen LogP contribution in [0.3, 0.4) is 0 Å². The van der Waals surface area contributed by atoms with Crippen molar-refractivity contribution in [3.8, 4) is 0 Å². The van der Waals surface area contributed by atoms with Gasteiger partial charge in [0.15, 0.2) is 0 Å². The molecule has 0 radical (unpaired) electrons. The van der Waals surface area contributed by atoms with E-state index in [9.17, 15) is 19.2 Å². The van der Waals surface area contributed by atoms with Crippen molar-refractivity contribution in [3.05, 3.63) is 60.2 Å². The van der Waals surface area contributed by atoms with Gasteiger partial charge in [0.05, 0.1) is 18.0 Å². The number of carbonyl (C=O) groups excluding carboxylic acids is 4. The molecule has 0 aliphatic heterocycles. The Labute approximate surface area is 223 Å². The second-order valence-electron chi connectivity index (χ2n) is 9.48. The second-order valence-corrected chi connectivity index (χ2v) is 9.48. The molecule has 0 unspecified atom stereocenters. The van der Waals surface area contributed by atoms with Crippen LogP contribution in [0.25, 0.3) is 0 Å². The van der Waals surface area contributed by atoms with Gasteiger partial charge in [-0.2, -0.15) is 0 Å². The lowest BCUT2D eigenvalue weighted by Crippen LogP contribution is -2.42. The van der Waals surface area contributed by atoms with E-state index in [0.717, 1.165) is 5.56 Å². The minimum absolute atomic E-state index is 0.0832. The van der Waals surface area contributed by atoms with Gasteiger partial charge >= 0.3 is 18.2 Å². The molecule has 1 atom stereocenters. The summed E-state index contributed by atoms with van der Waals surface area (Å²) < 4.78 is 15.5. The Morgan fingerprint density at radius 2 is 1.45 bits per heavy atom. The molecule has 0 aromatic heterocycles. The normalized spacial score (nSPS) is 11.6. The predicted octanol–water partition coefficient (Wildman–Crippen LogP) is 5.39. The lowest BCUT2D eigenvalue weighted by atomic mass is 10.1. The number of amides is 3. The monoisotopic (exact) mass is 527 g/mol. The summed E-state index contributed by atoms with van der Waals surface area (Å²) in [5, 5.41) is 7.96. The first-order valence-corrected chi connectivity index (χ1v) is 12.6. The first kappa shape index (κ1) is 30.1. The topological polar surface area (TPSA) is 132 Å². The smallest absolute Gasteiger partial charge is 0.412 e. The molecule has 38 heavy (non-hydrogen) atoms. The highest BCUT2D eigenvalue weighted by molar-refractivity contribution is 5.97. The van der Waals surface area contributed by atoms with Crippen LogP contribution in [0.5, 0.6) is 0 Å². The van der Waals surface area contributed by atoms with Crippen LogP contribution in [0, 0.1) is 0 Å². The minimum Gasteiger partial charge on any atom is -0.459 e. The van der Waals surface area contributed by atoms with E-state index in [-0.39, 0.29) is 32.0 Å². The summed E-state index contributed by atoms with van der Waals surface area (Å²) >= 11 is 0. The molecular weight excluding hydrogens is 490 g/mol. The summed E-state index contributed by atoms with van der Waals surface area (Å²) in [6.45, 7) is 7.20. The van der Waals surface area contributed by atoms with Gasteiger partial charge in [0.1, 0.15) is 18.2 Å². The van der Waals surface area contributed by atoms with E-state index in [4.69, 9.17) is 14.2 Å². The fraction of sp³-hybridized carbons (Fsp3) is 0.429. The maximum Gasteiger partial charge on any atom is 0.412 e. The Kier molecular flexibility index (Phi) is 12.1. The van der Waals surface area contributed by atoms with Crippen molar-refractivity contribution >= 4 is 35.4 Å². The van der Waals surface area contributed by atoms with E-state index in [2.05, 4.69) is 16.0 Å². The molecule has 10 nitrogen and oxygen atoms in total. The third-order valence-electron chi connectivity index (χ3n) is 5.06. The lowest BCUT2D eigenvalue weighted by molar-refractivity contribution is -0.147. The van der Waals surface area contributed by atoms with Gasteiger partial charge in [-0.15, -0.1) is 0 Å². The maximum absolute atomic E-state index is 12.6. The molecule has 0 aliphatic rings. The maximum atomic E-state index is 12.6. The van der Waals surface area contributed by atoms with Gasteiger partial charge in [0.25, 0.3) is 0 Å².